The zero-order valence-corrected chi connectivity index (χ0v) is 19.1. The van der Waals surface area contributed by atoms with Crippen LogP contribution in [-0.2, 0) is 16.1 Å². The van der Waals surface area contributed by atoms with Gasteiger partial charge in [-0.05, 0) is 47.9 Å². The lowest BCUT2D eigenvalue weighted by Gasteiger charge is -2.37. The maximum atomic E-state index is 13.6. The van der Waals surface area contributed by atoms with E-state index < -0.39 is 0 Å². The lowest BCUT2D eigenvalue weighted by molar-refractivity contribution is -0.138. The van der Waals surface area contributed by atoms with Crippen molar-refractivity contribution in [2.75, 3.05) is 31.1 Å². The van der Waals surface area contributed by atoms with Crippen LogP contribution in [0.1, 0.15) is 16.7 Å². The topological polar surface area (TPSA) is 43.9 Å². The minimum Gasteiger partial charge on any atom is -0.368 e. The van der Waals surface area contributed by atoms with Gasteiger partial charge in [0.05, 0.1) is 12.1 Å². The number of imide groups is 1. The Morgan fingerprint density at radius 3 is 2.12 bits per heavy atom. The summed E-state index contributed by atoms with van der Waals surface area (Å²) in [6.07, 6.45) is 0. The highest BCUT2D eigenvalue weighted by Crippen LogP contribution is 2.33. The molecule has 0 saturated carbocycles. The Morgan fingerprint density at radius 2 is 1.44 bits per heavy atom. The van der Waals surface area contributed by atoms with Crippen molar-refractivity contribution < 1.29 is 14.0 Å². The number of hydrogen-bond acceptors (Lipinski definition) is 4. The molecule has 3 aromatic rings. The molecule has 172 valence electrons. The van der Waals surface area contributed by atoms with E-state index in [0.29, 0.717) is 29.9 Å². The molecule has 3 aromatic carbocycles. The molecule has 0 unspecified atom stereocenters. The van der Waals surface area contributed by atoms with E-state index in [4.69, 9.17) is 0 Å². The summed E-state index contributed by atoms with van der Waals surface area (Å²) >= 11 is 0. The first kappa shape index (κ1) is 21.9. The maximum Gasteiger partial charge on any atom is 0.278 e. The highest BCUT2D eigenvalue weighted by Gasteiger charge is 2.42. The van der Waals surface area contributed by atoms with Crippen LogP contribution in [0.3, 0.4) is 0 Å². The number of carbonyl (C=O) groups is 2. The smallest absolute Gasteiger partial charge is 0.278 e. The second-order valence-electron chi connectivity index (χ2n) is 8.73. The monoisotopic (exact) mass is 455 g/mol. The van der Waals surface area contributed by atoms with E-state index in [1.165, 1.54) is 28.3 Å². The molecule has 5 nitrogen and oxygen atoms in total. The van der Waals surface area contributed by atoms with Crippen molar-refractivity contribution in [3.8, 4) is 0 Å². The van der Waals surface area contributed by atoms with E-state index in [1.807, 2.05) is 35.2 Å². The van der Waals surface area contributed by atoms with E-state index in [1.54, 1.807) is 12.1 Å². The van der Waals surface area contributed by atoms with Crippen LogP contribution < -0.4 is 4.90 Å². The first-order valence-electron chi connectivity index (χ1n) is 11.5. The standard InChI is InChI=1S/C28H26FN3O2/c1-20-6-5-9-24(18-20)30-14-16-31(17-15-30)26-25(22-7-3-2-4-8-22)27(33)32(28(26)34)19-21-10-12-23(29)13-11-21/h2-13,18H,14-17,19H2,1H3. The molecule has 5 rings (SSSR count). The largest absolute Gasteiger partial charge is 0.368 e. The highest BCUT2D eigenvalue weighted by atomic mass is 19.1. The summed E-state index contributed by atoms with van der Waals surface area (Å²) < 4.78 is 13.4. The summed E-state index contributed by atoms with van der Waals surface area (Å²) in [6.45, 7) is 4.99. The molecule has 2 aliphatic heterocycles. The molecule has 6 heteroatoms. The van der Waals surface area contributed by atoms with Gasteiger partial charge in [-0.15, -0.1) is 0 Å². The number of benzene rings is 3. The SMILES string of the molecule is Cc1cccc(N2CCN(C3=C(c4ccccc4)C(=O)N(Cc4ccc(F)cc4)C3=O)CC2)c1. The number of aryl methyl sites for hydroxylation is 1. The van der Waals surface area contributed by atoms with Crippen molar-refractivity contribution in [3.05, 3.63) is 107 Å². The first-order valence-corrected chi connectivity index (χ1v) is 11.5. The van der Waals surface area contributed by atoms with Gasteiger partial charge in [-0.1, -0.05) is 54.6 Å². The summed E-state index contributed by atoms with van der Waals surface area (Å²) in [4.78, 5) is 32.7. The van der Waals surface area contributed by atoms with Gasteiger partial charge < -0.3 is 9.80 Å². The fourth-order valence-electron chi connectivity index (χ4n) is 4.65. The summed E-state index contributed by atoms with van der Waals surface area (Å²) in [6, 6.07) is 23.7. The van der Waals surface area contributed by atoms with Gasteiger partial charge in [0, 0.05) is 31.9 Å². The van der Waals surface area contributed by atoms with Crippen LogP contribution in [0.2, 0.25) is 0 Å². The van der Waals surface area contributed by atoms with Crippen LogP contribution in [-0.4, -0.2) is 47.8 Å². The third-order valence-electron chi connectivity index (χ3n) is 6.42. The van der Waals surface area contributed by atoms with Gasteiger partial charge in [0.25, 0.3) is 11.8 Å². The average Bonchev–Trinajstić information content (AvgIpc) is 3.11. The Labute approximate surface area is 198 Å². The van der Waals surface area contributed by atoms with Crippen LogP contribution in [0.4, 0.5) is 10.1 Å². The third kappa shape index (κ3) is 4.19. The molecule has 0 aromatic heterocycles. The predicted molar refractivity (Wildman–Crippen MR) is 130 cm³/mol. The zero-order chi connectivity index (χ0) is 23.7. The van der Waals surface area contributed by atoms with Crippen molar-refractivity contribution in [1.29, 1.82) is 0 Å². The lowest BCUT2D eigenvalue weighted by atomic mass is 10.0. The fraction of sp³-hybridized carbons (Fsp3) is 0.214. The number of carbonyl (C=O) groups excluding carboxylic acids is 2. The lowest BCUT2D eigenvalue weighted by Crippen LogP contribution is -2.47. The molecular weight excluding hydrogens is 429 g/mol. The van der Waals surface area contributed by atoms with Crippen LogP contribution in [0.25, 0.3) is 5.57 Å². The second-order valence-corrected chi connectivity index (χ2v) is 8.73. The summed E-state index contributed by atoms with van der Waals surface area (Å²) in [5, 5.41) is 0. The van der Waals surface area contributed by atoms with Gasteiger partial charge in [-0.3, -0.25) is 14.5 Å². The molecule has 1 fully saturated rings. The minimum atomic E-state index is -0.349. The van der Waals surface area contributed by atoms with Gasteiger partial charge in [0.15, 0.2) is 0 Å². The Kier molecular flexibility index (Phi) is 5.88. The average molecular weight is 456 g/mol. The molecule has 0 atom stereocenters. The first-order chi connectivity index (χ1) is 16.5. The molecule has 1 saturated heterocycles. The van der Waals surface area contributed by atoms with Gasteiger partial charge in [-0.2, -0.15) is 0 Å². The summed E-state index contributed by atoms with van der Waals surface area (Å²) in [7, 11) is 0. The Hall–Kier alpha value is -3.93. The van der Waals surface area contributed by atoms with Crippen molar-refractivity contribution >= 4 is 23.1 Å². The molecular formula is C28H26FN3O2. The minimum absolute atomic E-state index is 0.112. The number of amides is 2. The fourth-order valence-corrected chi connectivity index (χ4v) is 4.65. The van der Waals surface area contributed by atoms with Gasteiger partial charge in [-0.25, -0.2) is 4.39 Å². The van der Waals surface area contributed by atoms with E-state index in [9.17, 15) is 14.0 Å². The number of piperazine rings is 1. The molecule has 2 aliphatic rings. The van der Waals surface area contributed by atoms with Crippen molar-refractivity contribution in [1.82, 2.24) is 9.80 Å². The molecule has 2 amide bonds. The van der Waals surface area contributed by atoms with Gasteiger partial charge in [0.2, 0.25) is 0 Å². The maximum absolute atomic E-state index is 13.6. The number of nitrogens with zero attached hydrogens (tertiary/aromatic N) is 3. The Balaban J connectivity index is 1.43. The molecule has 0 bridgehead atoms. The van der Waals surface area contributed by atoms with Crippen LogP contribution in [0, 0.1) is 12.7 Å². The molecule has 0 spiro atoms. The Bertz CT molecular complexity index is 1250. The quantitative estimate of drug-likeness (QED) is 0.540. The van der Waals surface area contributed by atoms with Gasteiger partial charge >= 0.3 is 0 Å². The van der Waals surface area contributed by atoms with Crippen LogP contribution in [0.5, 0.6) is 0 Å². The van der Waals surface area contributed by atoms with Crippen molar-refractivity contribution in [3.63, 3.8) is 0 Å². The number of anilines is 1. The van der Waals surface area contributed by atoms with Crippen LogP contribution in [0.15, 0.2) is 84.6 Å². The van der Waals surface area contributed by atoms with E-state index in [2.05, 4.69) is 36.1 Å². The van der Waals surface area contributed by atoms with Crippen molar-refractivity contribution in [2.24, 2.45) is 0 Å². The molecule has 0 aliphatic carbocycles. The zero-order valence-electron chi connectivity index (χ0n) is 19.1. The molecule has 34 heavy (non-hydrogen) atoms. The summed E-state index contributed by atoms with van der Waals surface area (Å²) in [5.74, 6) is -0.952. The molecule has 0 N–H and O–H groups in total. The normalized spacial score (nSPS) is 16.6. The third-order valence-corrected chi connectivity index (χ3v) is 6.42. The molecule has 2 heterocycles. The van der Waals surface area contributed by atoms with E-state index in [0.717, 1.165) is 18.7 Å². The number of hydrogen-bond donors (Lipinski definition) is 0. The van der Waals surface area contributed by atoms with Gasteiger partial charge in [0.1, 0.15) is 11.5 Å². The number of rotatable bonds is 5. The second kappa shape index (κ2) is 9.14. The predicted octanol–water partition coefficient (Wildman–Crippen LogP) is 4.24. The molecule has 0 radical (unpaired) electrons. The van der Waals surface area contributed by atoms with E-state index in [-0.39, 0.29) is 24.2 Å². The van der Waals surface area contributed by atoms with E-state index >= 15 is 0 Å². The van der Waals surface area contributed by atoms with Crippen molar-refractivity contribution in [2.45, 2.75) is 13.5 Å². The van der Waals surface area contributed by atoms with Crippen LogP contribution >= 0.6 is 0 Å². The highest BCUT2D eigenvalue weighted by molar-refractivity contribution is 6.35. The summed E-state index contributed by atoms with van der Waals surface area (Å²) in [5.41, 5.74) is 4.73. The number of halogens is 1. The Morgan fingerprint density at radius 1 is 0.765 bits per heavy atom.